The van der Waals surface area contributed by atoms with Gasteiger partial charge in [0, 0.05) is 0 Å². The van der Waals surface area contributed by atoms with Crippen LogP contribution in [0.4, 0.5) is 0 Å². The van der Waals surface area contributed by atoms with Crippen LogP contribution in [0.3, 0.4) is 0 Å². The first kappa shape index (κ1) is 15.3. The van der Waals surface area contributed by atoms with Crippen LogP contribution in [0.1, 0.15) is 12.8 Å². The SMILES string of the molecule is C[N+](C)(C)CCOO.O=C(O)[C@@H]1CCCN1. The molecule has 0 bridgehead atoms. The quantitative estimate of drug-likeness (QED) is 0.363. The molecule has 0 spiro atoms. The first-order valence-corrected chi connectivity index (χ1v) is 5.40. The lowest BCUT2D eigenvalue weighted by atomic mass is 10.2. The fraction of sp³-hybridized carbons (Fsp3) is 0.900. The summed E-state index contributed by atoms with van der Waals surface area (Å²) in [6.07, 6.45) is 1.78. The second kappa shape index (κ2) is 7.56. The summed E-state index contributed by atoms with van der Waals surface area (Å²) in [5.41, 5.74) is 0. The molecule has 0 radical (unpaired) electrons. The number of hydrogen-bond acceptors (Lipinski definition) is 4. The second-order valence-corrected chi connectivity index (χ2v) is 4.83. The highest BCUT2D eigenvalue weighted by Crippen LogP contribution is 2.03. The van der Waals surface area contributed by atoms with Crippen molar-refractivity contribution in [3.8, 4) is 0 Å². The Morgan fingerprint density at radius 2 is 2.12 bits per heavy atom. The van der Waals surface area contributed by atoms with Gasteiger partial charge in [0.15, 0.2) is 0 Å². The van der Waals surface area contributed by atoms with E-state index in [-0.39, 0.29) is 6.04 Å². The molecule has 1 aliphatic rings. The van der Waals surface area contributed by atoms with E-state index in [0.717, 1.165) is 30.4 Å². The normalized spacial score (nSPS) is 20.1. The van der Waals surface area contributed by atoms with Crippen LogP contribution in [0.2, 0.25) is 0 Å². The summed E-state index contributed by atoms with van der Waals surface area (Å²) in [4.78, 5) is 14.0. The monoisotopic (exact) mass is 235 g/mol. The van der Waals surface area contributed by atoms with Gasteiger partial charge < -0.3 is 14.9 Å². The molecule has 1 saturated heterocycles. The standard InChI is InChI=1S/C5H9NO2.C5H13NO2/c7-5(8)4-2-1-3-6-4;1-6(2,3)4-5-8-7/h4,6H,1-3H2,(H,7,8);4-5H2,1-3H3/p+1/t4-;/m0./s1. The molecule has 0 saturated carbocycles. The molecule has 0 aromatic heterocycles. The van der Waals surface area contributed by atoms with Crippen LogP contribution in [0, 0.1) is 0 Å². The van der Waals surface area contributed by atoms with Crippen molar-refractivity contribution < 1.29 is 24.5 Å². The zero-order valence-corrected chi connectivity index (χ0v) is 10.3. The van der Waals surface area contributed by atoms with E-state index in [1.165, 1.54) is 0 Å². The molecule has 1 aliphatic heterocycles. The van der Waals surface area contributed by atoms with E-state index >= 15 is 0 Å². The number of likely N-dealkylation sites (N-methyl/N-ethyl adjacent to an activating group) is 1. The number of quaternary nitrogens is 1. The molecule has 6 nitrogen and oxygen atoms in total. The largest absolute Gasteiger partial charge is 0.480 e. The molecule has 0 aromatic carbocycles. The van der Waals surface area contributed by atoms with Gasteiger partial charge in [0.05, 0.1) is 21.1 Å². The molecule has 0 aliphatic carbocycles. The van der Waals surface area contributed by atoms with Crippen molar-refractivity contribution in [2.45, 2.75) is 18.9 Å². The van der Waals surface area contributed by atoms with Gasteiger partial charge in [-0.1, -0.05) is 0 Å². The number of aliphatic carboxylic acids is 1. The van der Waals surface area contributed by atoms with Gasteiger partial charge in [-0.05, 0) is 19.4 Å². The number of carboxylic acids is 1. The van der Waals surface area contributed by atoms with Gasteiger partial charge in [-0.15, -0.1) is 0 Å². The van der Waals surface area contributed by atoms with Crippen LogP contribution in [0.5, 0.6) is 0 Å². The number of carboxylic acid groups (broad SMARTS) is 1. The van der Waals surface area contributed by atoms with Crippen molar-refractivity contribution >= 4 is 5.97 Å². The summed E-state index contributed by atoms with van der Waals surface area (Å²) in [6, 6.07) is -0.269. The lowest BCUT2D eigenvalue weighted by Gasteiger charge is -2.22. The van der Waals surface area contributed by atoms with E-state index in [4.69, 9.17) is 10.4 Å². The van der Waals surface area contributed by atoms with Crippen molar-refractivity contribution in [3.63, 3.8) is 0 Å². The number of rotatable bonds is 4. The van der Waals surface area contributed by atoms with Gasteiger partial charge in [0.2, 0.25) is 0 Å². The van der Waals surface area contributed by atoms with Crippen molar-refractivity contribution in [2.24, 2.45) is 0 Å². The zero-order valence-electron chi connectivity index (χ0n) is 10.3. The van der Waals surface area contributed by atoms with E-state index in [1.54, 1.807) is 0 Å². The molecule has 16 heavy (non-hydrogen) atoms. The molecule has 6 heteroatoms. The van der Waals surface area contributed by atoms with Gasteiger partial charge in [0.1, 0.15) is 19.2 Å². The predicted octanol–water partition coefficient (Wildman–Crippen LogP) is 0.00520. The lowest BCUT2D eigenvalue weighted by Crippen LogP contribution is -2.37. The summed E-state index contributed by atoms with van der Waals surface area (Å²) in [7, 11) is 6.12. The van der Waals surface area contributed by atoms with E-state index < -0.39 is 5.97 Å². The maximum absolute atomic E-state index is 10.1. The summed E-state index contributed by atoms with van der Waals surface area (Å²) in [5.74, 6) is -0.720. The van der Waals surface area contributed by atoms with Crippen molar-refractivity contribution in [1.82, 2.24) is 5.32 Å². The molecule has 0 amide bonds. The molecule has 1 fully saturated rings. The first-order chi connectivity index (χ1) is 7.37. The minimum atomic E-state index is -0.720. The molecular weight excluding hydrogens is 212 g/mol. The highest BCUT2D eigenvalue weighted by Gasteiger charge is 2.20. The maximum Gasteiger partial charge on any atom is 0.320 e. The Morgan fingerprint density at radius 3 is 2.31 bits per heavy atom. The van der Waals surface area contributed by atoms with Gasteiger partial charge in [-0.3, -0.25) is 10.1 Å². The second-order valence-electron chi connectivity index (χ2n) is 4.83. The van der Waals surface area contributed by atoms with E-state index in [2.05, 4.69) is 10.2 Å². The van der Waals surface area contributed by atoms with E-state index in [0.29, 0.717) is 6.61 Å². The smallest absolute Gasteiger partial charge is 0.320 e. The summed E-state index contributed by atoms with van der Waals surface area (Å²) in [5, 5.41) is 19.1. The first-order valence-electron chi connectivity index (χ1n) is 5.40. The fourth-order valence-corrected chi connectivity index (χ4v) is 1.21. The van der Waals surface area contributed by atoms with Gasteiger partial charge in [-0.25, -0.2) is 4.89 Å². The fourth-order valence-electron chi connectivity index (χ4n) is 1.21. The third kappa shape index (κ3) is 8.60. The summed E-state index contributed by atoms with van der Waals surface area (Å²) >= 11 is 0. The van der Waals surface area contributed by atoms with Crippen molar-refractivity contribution in [2.75, 3.05) is 40.8 Å². The zero-order chi connectivity index (χ0) is 12.6. The minimum Gasteiger partial charge on any atom is -0.480 e. The lowest BCUT2D eigenvalue weighted by molar-refractivity contribution is -0.871. The van der Waals surface area contributed by atoms with Crippen LogP contribution in [0.25, 0.3) is 0 Å². The van der Waals surface area contributed by atoms with Gasteiger partial charge >= 0.3 is 5.97 Å². The maximum atomic E-state index is 10.1. The molecular formula is C10H23N2O4+. The number of nitrogens with zero attached hydrogens (tertiary/aromatic N) is 1. The van der Waals surface area contributed by atoms with Gasteiger partial charge in [-0.2, -0.15) is 0 Å². The topological polar surface area (TPSA) is 78.8 Å². The summed E-state index contributed by atoms with van der Waals surface area (Å²) < 4.78 is 0.820. The van der Waals surface area contributed by atoms with E-state index in [9.17, 15) is 4.79 Å². The number of nitrogens with one attached hydrogen (secondary N) is 1. The number of hydrogen-bond donors (Lipinski definition) is 3. The van der Waals surface area contributed by atoms with Gasteiger partial charge in [0.25, 0.3) is 0 Å². The van der Waals surface area contributed by atoms with Crippen molar-refractivity contribution in [3.05, 3.63) is 0 Å². The Kier molecular flexibility index (Phi) is 7.24. The van der Waals surface area contributed by atoms with Crippen LogP contribution in [-0.2, 0) is 9.68 Å². The Hall–Kier alpha value is -0.690. The van der Waals surface area contributed by atoms with Crippen molar-refractivity contribution in [1.29, 1.82) is 0 Å². The Balaban J connectivity index is 0.000000281. The van der Waals surface area contributed by atoms with E-state index in [1.807, 2.05) is 21.1 Å². The average Bonchev–Trinajstić information content (AvgIpc) is 2.67. The molecule has 96 valence electrons. The van der Waals surface area contributed by atoms with Crippen LogP contribution in [-0.4, -0.2) is 67.7 Å². The third-order valence-electron chi connectivity index (χ3n) is 2.21. The molecule has 1 rings (SSSR count). The Morgan fingerprint density at radius 1 is 1.50 bits per heavy atom. The molecule has 0 unspecified atom stereocenters. The van der Waals surface area contributed by atoms with Crippen LogP contribution in [0.15, 0.2) is 0 Å². The molecule has 1 heterocycles. The highest BCUT2D eigenvalue weighted by atomic mass is 17.1. The predicted molar refractivity (Wildman–Crippen MR) is 60.1 cm³/mol. The van der Waals surface area contributed by atoms with Crippen LogP contribution >= 0.6 is 0 Å². The summed E-state index contributed by atoms with van der Waals surface area (Å²) in [6.45, 7) is 2.09. The Bertz CT molecular complexity index is 197. The Labute approximate surface area is 96.3 Å². The minimum absolute atomic E-state index is 0.269. The molecule has 3 N–H and O–H groups in total. The van der Waals surface area contributed by atoms with Crippen LogP contribution < -0.4 is 5.32 Å². The molecule has 1 atom stereocenters. The third-order valence-corrected chi connectivity index (χ3v) is 2.21. The number of carbonyl (C=O) groups is 1. The average molecular weight is 235 g/mol. The molecule has 0 aromatic rings. The highest BCUT2D eigenvalue weighted by molar-refractivity contribution is 5.73.